The molecule has 0 radical (unpaired) electrons. The van der Waals surface area contributed by atoms with Crippen molar-refractivity contribution in [2.45, 2.75) is 60.7 Å². The van der Waals surface area contributed by atoms with Crippen molar-refractivity contribution in [3.05, 3.63) is 23.2 Å². The Morgan fingerprint density at radius 2 is 2.05 bits per heavy atom. The summed E-state index contributed by atoms with van der Waals surface area (Å²) in [6.07, 6.45) is 8.73. The van der Waals surface area contributed by atoms with Crippen LogP contribution < -0.4 is 5.73 Å². The molecule has 0 aromatic heterocycles. The van der Waals surface area contributed by atoms with Gasteiger partial charge in [-0.15, -0.1) is 11.8 Å². The molecule has 1 heterocycles. The molecule has 1 aliphatic carbocycles. The van der Waals surface area contributed by atoms with Crippen LogP contribution in [0.4, 0.5) is 5.69 Å². The fourth-order valence-electron chi connectivity index (χ4n) is 3.42. The molecule has 1 saturated heterocycles. The quantitative estimate of drug-likeness (QED) is 0.789. The van der Waals surface area contributed by atoms with E-state index in [2.05, 4.69) is 0 Å². The smallest absolute Gasteiger partial charge is 0.0693 e. The molecule has 2 aliphatic rings. The van der Waals surface area contributed by atoms with E-state index >= 15 is 0 Å². The van der Waals surface area contributed by atoms with Crippen molar-refractivity contribution in [1.29, 1.82) is 0 Å². The van der Waals surface area contributed by atoms with Gasteiger partial charge in [0.15, 0.2) is 0 Å². The molecule has 1 spiro atoms. The summed E-state index contributed by atoms with van der Waals surface area (Å²) in [7, 11) is 0. The maximum atomic E-state index is 6.16. The molecule has 1 unspecified atom stereocenters. The van der Waals surface area contributed by atoms with Crippen molar-refractivity contribution in [3.8, 4) is 0 Å². The number of halogens is 1. The van der Waals surface area contributed by atoms with Gasteiger partial charge < -0.3 is 10.5 Å². The van der Waals surface area contributed by atoms with Crippen LogP contribution in [0.3, 0.4) is 0 Å². The van der Waals surface area contributed by atoms with Crippen LogP contribution in [0.1, 0.15) is 44.9 Å². The molecule has 110 valence electrons. The Bertz CT molecular complexity index is 468. The Hall–Kier alpha value is -0.380. The van der Waals surface area contributed by atoms with Crippen molar-refractivity contribution in [3.63, 3.8) is 0 Å². The molecule has 4 heteroatoms. The van der Waals surface area contributed by atoms with Gasteiger partial charge in [-0.05, 0) is 43.9 Å². The number of rotatable bonds is 2. The zero-order valence-electron chi connectivity index (χ0n) is 11.7. The van der Waals surface area contributed by atoms with Crippen LogP contribution in [0.15, 0.2) is 23.1 Å². The molecule has 1 aromatic rings. The summed E-state index contributed by atoms with van der Waals surface area (Å²) < 4.78 is 6.16. The van der Waals surface area contributed by atoms with E-state index in [4.69, 9.17) is 22.1 Å². The number of nitrogens with two attached hydrogens (primary N) is 1. The number of hydrogen-bond donors (Lipinski definition) is 1. The second-order valence-electron chi connectivity index (χ2n) is 6.01. The molecule has 0 amide bonds. The Balaban J connectivity index is 1.69. The Morgan fingerprint density at radius 3 is 2.85 bits per heavy atom. The largest absolute Gasteiger partial charge is 0.398 e. The second-order valence-corrected chi connectivity index (χ2v) is 7.79. The van der Waals surface area contributed by atoms with Gasteiger partial charge in [-0.3, -0.25) is 0 Å². The summed E-state index contributed by atoms with van der Waals surface area (Å²) in [4.78, 5) is 1.12. The lowest BCUT2D eigenvalue weighted by Crippen LogP contribution is -2.42. The van der Waals surface area contributed by atoms with Crippen molar-refractivity contribution >= 4 is 29.1 Å². The van der Waals surface area contributed by atoms with Crippen molar-refractivity contribution in [2.75, 3.05) is 12.3 Å². The average Bonchev–Trinajstić information content (AvgIpc) is 2.44. The first-order chi connectivity index (χ1) is 9.67. The lowest BCUT2D eigenvalue weighted by Gasteiger charge is -2.43. The van der Waals surface area contributed by atoms with Gasteiger partial charge in [0.1, 0.15) is 0 Å². The summed E-state index contributed by atoms with van der Waals surface area (Å²) in [6, 6.07) is 5.75. The van der Waals surface area contributed by atoms with E-state index in [1.54, 1.807) is 0 Å². The molecule has 1 aromatic carbocycles. The minimum absolute atomic E-state index is 0.154. The van der Waals surface area contributed by atoms with E-state index in [9.17, 15) is 0 Å². The van der Waals surface area contributed by atoms with Crippen LogP contribution in [0.25, 0.3) is 0 Å². The van der Waals surface area contributed by atoms with Gasteiger partial charge in [0.05, 0.1) is 5.60 Å². The molecule has 3 rings (SSSR count). The first kappa shape index (κ1) is 14.6. The predicted molar refractivity (Wildman–Crippen MR) is 86.5 cm³/mol. The van der Waals surface area contributed by atoms with E-state index in [-0.39, 0.29) is 5.60 Å². The Morgan fingerprint density at radius 1 is 1.25 bits per heavy atom. The maximum Gasteiger partial charge on any atom is 0.0693 e. The van der Waals surface area contributed by atoms with Gasteiger partial charge in [0.25, 0.3) is 0 Å². The van der Waals surface area contributed by atoms with Gasteiger partial charge in [0.2, 0.25) is 0 Å². The van der Waals surface area contributed by atoms with Crippen LogP contribution >= 0.6 is 23.4 Å². The summed E-state index contributed by atoms with van der Waals surface area (Å²) >= 11 is 7.97. The molecular formula is C16H22ClNOS. The Kier molecular flexibility index (Phi) is 4.49. The second kappa shape index (κ2) is 6.17. The zero-order chi connectivity index (χ0) is 14.0. The molecule has 1 saturated carbocycles. The summed E-state index contributed by atoms with van der Waals surface area (Å²) in [5.41, 5.74) is 7.06. The molecule has 1 aliphatic heterocycles. The van der Waals surface area contributed by atoms with E-state index in [1.807, 2.05) is 30.0 Å². The molecule has 1 atom stereocenters. The van der Waals surface area contributed by atoms with E-state index in [1.165, 1.54) is 32.1 Å². The van der Waals surface area contributed by atoms with E-state index < -0.39 is 0 Å². The normalized spacial score (nSPS) is 25.8. The number of anilines is 1. The lowest BCUT2D eigenvalue weighted by molar-refractivity contribution is -0.0970. The maximum absolute atomic E-state index is 6.16. The van der Waals surface area contributed by atoms with Gasteiger partial charge >= 0.3 is 0 Å². The highest BCUT2D eigenvalue weighted by Gasteiger charge is 2.38. The molecule has 2 fully saturated rings. The van der Waals surface area contributed by atoms with Crippen molar-refractivity contribution in [1.82, 2.24) is 0 Å². The molecular weight excluding hydrogens is 290 g/mol. The number of nitrogen functional groups attached to an aromatic ring is 1. The minimum Gasteiger partial charge on any atom is -0.398 e. The summed E-state index contributed by atoms with van der Waals surface area (Å²) in [5.74, 6) is 0. The summed E-state index contributed by atoms with van der Waals surface area (Å²) in [6.45, 7) is 0.887. The van der Waals surface area contributed by atoms with Crippen LogP contribution in [0.5, 0.6) is 0 Å². The van der Waals surface area contributed by atoms with Crippen LogP contribution in [-0.4, -0.2) is 17.5 Å². The predicted octanol–water partition coefficient (Wildman–Crippen LogP) is 4.90. The monoisotopic (exact) mass is 311 g/mol. The number of hydrogen-bond acceptors (Lipinski definition) is 3. The lowest BCUT2D eigenvalue weighted by atomic mass is 9.80. The highest BCUT2D eigenvalue weighted by Crippen LogP contribution is 2.44. The van der Waals surface area contributed by atoms with Gasteiger partial charge in [0, 0.05) is 27.5 Å². The molecule has 20 heavy (non-hydrogen) atoms. The number of ether oxygens (including phenoxy) is 1. The van der Waals surface area contributed by atoms with Gasteiger partial charge in [-0.1, -0.05) is 30.9 Å². The number of benzene rings is 1. The number of thioether (sulfide) groups is 1. The molecule has 2 N–H and O–H groups in total. The highest BCUT2D eigenvalue weighted by atomic mass is 35.5. The van der Waals surface area contributed by atoms with E-state index in [0.29, 0.717) is 5.25 Å². The van der Waals surface area contributed by atoms with Crippen molar-refractivity contribution < 1.29 is 4.74 Å². The summed E-state index contributed by atoms with van der Waals surface area (Å²) in [5, 5.41) is 1.36. The third kappa shape index (κ3) is 3.26. The van der Waals surface area contributed by atoms with Crippen LogP contribution in [0.2, 0.25) is 5.02 Å². The zero-order valence-corrected chi connectivity index (χ0v) is 13.3. The van der Waals surface area contributed by atoms with Crippen LogP contribution in [-0.2, 0) is 4.74 Å². The third-order valence-electron chi connectivity index (χ3n) is 4.48. The van der Waals surface area contributed by atoms with Gasteiger partial charge in [-0.25, -0.2) is 0 Å². The van der Waals surface area contributed by atoms with Gasteiger partial charge in [-0.2, -0.15) is 0 Å². The molecule has 0 bridgehead atoms. The third-order valence-corrected chi connectivity index (χ3v) is 6.06. The van der Waals surface area contributed by atoms with Crippen molar-refractivity contribution in [2.24, 2.45) is 0 Å². The molecule has 2 nitrogen and oxygen atoms in total. The van der Waals surface area contributed by atoms with E-state index in [0.717, 1.165) is 35.1 Å². The Labute approximate surface area is 130 Å². The first-order valence-corrected chi connectivity index (χ1v) is 8.78. The average molecular weight is 312 g/mol. The minimum atomic E-state index is 0.154. The standard InChI is InChI=1S/C16H22ClNOS/c17-12-4-5-14(18)15(10-12)20-13-6-9-19-16(11-13)7-2-1-3-8-16/h4-5,10,13H,1-3,6-9,11,18H2. The SMILES string of the molecule is Nc1ccc(Cl)cc1SC1CCOC2(CCCCC2)C1. The van der Waals surface area contributed by atoms with Crippen LogP contribution in [0, 0.1) is 0 Å². The topological polar surface area (TPSA) is 35.2 Å². The fourth-order valence-corrected chi connectivity index (χ4v) is 5.01. The first-order valence-electron chi connectivity index (χ1n) is 7.53. The highest BCUT2D eigenvalue weighted by molar-refractivity contribution is 8.00. The fraction of sp³-hybridized carbons (Fsp3) is 0.625.